The third kappa shape index (κ3) is 3.80. The van der Waals surface area contributed by atoms with Crippen molar-refractivity contribution in [3.8, 4) is 11.1 Å². The number of nitrogens with zero attached hydrogens (tertiary/aromatic N) is 1. The third-order valence-electron chi connectivity index (χ3n) is 4.64. The van der Waals surface area contributed by atoms with Crippen molar-refractivity contribution in [2.45, 2.75) is 31.7 Å². The van der Waals surface area contributed by atoms with Gasteiger partial charge in [-0.3, -0.25) is 4.79 Å². The zero-order valence-electron chi connectivity index (χ0n) is 13.4. The van der Waals surface area contributed by atoms with Gasteiger partial charge in [0.1, 0.15) is 0 Å². The van der Waals surface area contributed by atoms with Crippen molar-refractivity contribution >= 4 is 5.91 Å². The maximum atomic E-state index is 12.6. The van der Waals surface area contributed by atoms with Gasteiger partial charge >= 0.3 is 0 Å². The molecule has 2 aromatic rings. The van der Waals surface area contributed by atoms with Gasteiger partial charge in [-0.05, 0) is 36.0 Å². The maximum Gasteiger partial charge on any atom is 0.227 e. The number of carbonyl (C=O) groups excluding carboxylic acids is 1. The molecule has 0 spiro atoms. The van der Waals surface area contributed by atoms with E-state index >= 15 is 0 Å². The Balaban J connectivity index is 1.67. The van der Waals surface area contributed by atoms with E-state index in [1.165, 1.54) is 17.5 Å². The van der Waals surface area contributed by atoms with Gasteiger partial charge in [-0.15, -0.1) is 0 Å². The number of hydrogen-bond donors (Lipinski definition) is 1. The number of piperidine rings is 1. The first kappa shape index (κ1) is 15.8. The molecular formula is C20H24N2O. The highest BCUT2D eigenvalue weighted by Crippen LogP contribution is 2.21. The molecule has 0 aromatic heterocycles. The van der Waals surface area contributed by atoms with Crippen molar-refractivity contribution in [1.29, 1.82) is 0 Å². The number of benzene rings is 2. The summed E-state index contributed by atoms with van der Waals surface area (Å²) in [4.78, 5) is 14.5. The minimum Gasteiger partial charge on any atom is -0.338 e. The molecule has 1 aliphatic heterocycles. The standard InChI is InChI=1S/C20H24N2O/c21-15-19-8-4-5-13-22(19)20(23)14-16-9-11-18(12-10-16)17-6-2-1-3-7-17/h1-3,6-7,9-12,19H,4-5,8,13-15,21H2. The lowest BCUT2D eigenvalue weighted by Gasteiger charge is -2.35. The highest BCUT2D eigenvalue weighted by Gasteiger charge is 2.25. The maximum absolute atomic E-state index is 12.6. The molecular weight excluding hydrogens is 284 g/mol. The molecule has 1 heterocycles. The Hall–Kier alpha value is -2.13. The van der Waals surface area contributed by atoms with Crippen LogP contribution in [0.2, 0.25) is 0 Å². The van der Waals surface area contributed by atoms with Crippen LogP contribution in [0.5, 0.6) is 0 Å². The van der Waals surface area contributed by atoms with Crippen LogP contribution in [0.4, 0.5) is 0 Å². The molecule has 1 unspecified atom stereocenters. The van der Waals surface area contributed by atoms with Crippen LogP contribution in [-0.4, -0.2) is 29.9 Å². The summed E-state index contributed by atoms with van der Waals surface area (Å²) in [5.41, 5.74) is 9.26. The van der Waals surface area contributed by atoms with Gasteiger partial charge < -0.3 is 10.6 Å². The topological polar surface area (TPSA) is 46.3 Å². The number of carbonyl (C=O) groups is 1. The van der Waals surface area contributed by atoms with Gasteiger partial charge in [-0.1, -0.05) is 54.6 Å². The van der Waals surface area contributed by atoms with E-state index in [1.807, 2.05) is 23.1 Å². The van der Waals surface area contributed by atoms with Crippen LogP contribution in [0.1, 0.15) is 24.8 Å². The van der Waals surface area contributed by atoms with E-state index in [9.17, 15) is 4.79 Å². The Labute approximate surface area is 138 Å². The van der Waals surface area contributed by atoms with Gasteiger partial charge in [-0.2, -0.15) is 0 Å². The summed E-state index contributed by atoms with van der Waals surface area (Å²) in [5.74, 6) is 0.201. The van der Waals surface area contributed by atoms with Crippen molar-refractivity contribution in [2.24, 2.45) is 5.73 Å². The van der Waals surface area contributed by atoms with E-state index < -0.39 is 0 Å². The molecule has 0 saturated carbocycles. The molecule has 3 heteroatoms. The molecule has 0 bridgehead atoms. The van der Waals surface area contributed by atoms with E-state index in [4.69, 9.17) is 5.73 Å². The smallest absolute Gasteiger partial charge is 0.227 e. The molecule has 23 heavy (non-hydrogen) atoms. The lowest BCUT2D eigenvalue weighted by molar-refractivity contribution is -0.133. The summed E-state index contributed by atoms with van der Waals surface area (Å²) < 4.78 is 0. The van der Waals surface area contributed by atoms with Crippen molar-refractivity contribution < 1.29 is 4.79 Å². The molecule has 120 valence electrons. The average Bonchev–Trinajstić information content (AvgIpc) is 2.63. The molecule has 1 atom stereocenters. The second-order valence-corrected chi connectivity index (χ2v) is 6.21. The number of nitrogens with two attached hydrogens (primary N) is 1. The number of amides is 1. The van der Waals surface area contributed by atoms with Gasteiger partial charge in [0.2, 0.25) is 5.91 Å². The fraction of sp³-hybridized carbons (Fsp3) is 0.350. The molecule has 1 amide bonds. The number of hydrogen-bond acceptors (Lipinski definition) is 2. The Morgan fingerprint density at radius 1 is 1.00 bits per heavy atom. The van der Waals surface area contributed by atoms with Crippen molar-refractivity contribution in [1.82, 2.24) is 4.90 Å². The van der Waals surface area contributed by atoms with Crippen LogP contribution >= 0.6 is 0 Å². The molecule has 1 saturated heterocycles. The predicted molar refractivity (Wildman–Crippen MR) is 94.0 cm³/mol. The highest BCUT2D eigenvalue weighted by molar-refractivity contribution is 5.79. The van der Waals surface area contributed by atoms with Crippen LogP contribution < -0.4 is 5.73 Å². The summed E-state index contributed by atoms with van der Waals surface area (Å²) in [6.07, 6.45) is 3.77. The Morgan fingerprint density at radius 2 is 1.70 bits per heavy atom. The number of likely N-dealkylation sites (tertiary alicyclic amines) is 1. The fourth-order valence-electron chi connectivity index (χ4n) is 3.30. The molecule has 0 aliphatic carbocycles. The van der Waals surface area contributed by atoms with Gasteiger partial charge in [0.25, 0.3) is 0 Å². The minimum atomic E-state index is 0.201. The first-order chi connectivity index (χ1) is 11.3. The summed E-state index contributed by atoms with van der Waals surface area (Å²) >= 11 is 0. The summed E-state index contributed by atoms with van der Waals surface area (Å²) in [6.45, 7) is 1.42. The van der Waals surface area contributed by atoms with E-state index in [0.717, 1.165) is 24.9 Å². The van der Waals surface area contributed by atoms with Crippen LogP contribution in [0.25, 0.3) is 11.1 Å². The molecule has 3 nitrogen and oxygen atoms in total. The lowest BCUT2D eigenvalue weighted by Crippen LogP contribution is -2.48. The zero-order chi connectivity index (χ0) is 16.1. The summed E-state index contributed by atoms with van der Waals surface area (Å²) in [7, 11) is 0. The van der Waals surface area contributed by atoms with Crippen molar-refractivity contribution in [2.75, 3.05) is 13.1 Å². The Kier molecular flexibility index (Phi) is 5.09. The second kappa shape index (κ2) is 7.42. The predicted octanol–water partition coefficient (Wildman–Crippen LogP) is 3.24. The van der Waals surface area contributed by atoms with Crippen molar-refractivity contribution in [3.63, 3.8) is 0 Å². The zero-order valence-corrected chi connectivity index (χ0v) is 13.4. The van der Waals surface area contributed by atoms with Crippen molar-refractivity contribution in [3.05, 3.63) is 60.2 Å². The Bertz CT molecular complexity index is 636. The SMILES string of the molecule is NCC1CCCCN1C(=O)Cc1ccc(-c2ccccc2)cc1. The molecule has 2 N–H and O–H groups in total. The van der Waals surface area contributed by atoms with Gasteiger partial charge in [0.05, 0.1) is 6.42 Å². The van der Waals surface area contributed by atoms with Crippen LogP contribution in [0, 0.1) is 0 Å². The molecule has 1 fully saturated rings. The quantitative estimate of drug-likeness (QED) is 0.942. The molecule has 0 radical (unpaired) electrons. The van der Waals surface area contributed by atoms with E-state index in [1.54, 1.807) is 0 Å². The van der Waals surface area contributed by atoms with E-state index in [2.05, 4.69) is 36.4 Å². The molecule has 2 aromatic carbocycles. The Morgan fingerprint density at radius 3 is 2.39 bits per heavy atom. The summed E-state index contributed by atoms with van der Waals surface area (Å²) in [5, 5.41) is 0. The third-order valence-corrected chi connectivity index (χ3v) is 4.64. The largest absolute Gasteiger partial charge is 0.338 e. The van der Waals surface area contributed by atoms with E-state index in [0.29, 0.717) is 13.0 Å². The first-order valence-corrected chi connectivity index (χ1v) is 8.42. The fourth-order valence-corrected chi connectivity index (χ4v) is 3.30. The normalized spacial score (nSPS) is 18.0. The molecule has 1 aliphatic rings. The average molecular weight is 308 g/mol. The van der Waals surface area contributed by atoms with E-state index in [-0.39, 0.29) is 11.9 Å². The number of rotatable bonds is 4. The van der Waals surface area contributed by atoms with Crippen LogP contribution in [0.3, 0.4) is 0 Å². The van der Waals surface area contributed by atoms with Gasteiger partial charge in [0.15, 0.2) is 0 Å². The van der Waals surface area contributed by atoms with Gasteiger partial charge in [-0.25, -0.2) is 0 Å². The second-order valence-electron chi connectivity index (χ2n) is 6.21. The van der Waals surface area contributed by atoms with Crippen LogP contribution in [-0.2, 0) is 11.2 Å². The molecule has 3 rings (SSSR count). The lowest BCUT2D eigenvalue weighted by atomic mass is 9.99. The first-order valence-electron chi connectivity index (χ1n) is 8.42. The summed E-state index contributed by atoms with van der Waals surface area (Å²) in [6, 6.07) is 18.8. The van der Waals surface area contributed by atoms with Crippen LogP contribution in [0.15, 0.2) is 54.6 Å². The monoisotopic (exact) mass is 308 g/mol. The highest BCUT2D eigenvalue weighted by atomic mass is 16.2. The minimum absolute atomic E-state index is 0.201. The van der Waals surface area contributed by atoms with Gasteiger partial charge in [0, 0.05) is 19.1 Å².